The number of carbonyl (C=O) groups excluding carboxylic acids is 1. The van der Waals surface area contributed by atoms with Gasteiger partial charge < -0.3 is 14.6 Å². The molecule has 26 heavy (non-hydrogen) atoms. The van der Waals surface area contributed by atoms with Gasteiger partial charge in [-0.25, -0.2) is 0 Å². The number of rotatable bonds is 10. The monoisotopic (exact) mass is 396 g/mol. The van der Waals surface area contributed by atoms with E-state index < -0.39 is 0 Å². The Labute approximate surface area is 163 Å². The van der Waals surface area contributed by atoms with Gasteiger partial charge in [0, 0.05) is 30.8 Å². The van der Waals surface area contributed by atoms with Gasteiger partial charge in [-0.15, -0.1) is 10.2 Å². The minimum absolute atomic E-state index is 0.0431. The molecule has 1 N–H and O–H groups in total. The summed E-state index contributed by atoms with van der Waals surface area (Å²) in [5.41, 5.74) is 0.930. The predicted molar refractivity (Wildman–Crippen MR) is 105 cm³/mol. The average molecular weight is 397 g/mol. The minimum atomic E-state index is -0.0431. The number of hydrogen-bond acceptors (Lipinski definition) is 5. The van der Waals surface area contributed by atoms with Crippen LogP contribution >= 0.6 is 23.4 Å². The normalized spacial score (nSPS) is 11.1. The molecule has 0 radical (unpaired) electrons. The van der Waals surface area contributed by atoms with Crippen LogP contribution in [0.15, 0.2) is 29.4 Å². The number of amides is 1. The second kappa shape index (κ2) is 10.5. The fourth-order valence-corrected chi connectivity index (χ4v) is 3.02. The fraction of sp³-hybridized carbons (Fsp3) is 0.500. The van der Waals surface area contributed by atoms with Crippen molar-refractivity contribution in [2.24, 2.45) is 13.0 Å². The quantitative estimate of drug-likeness (QED) is 0.492. The van der Waals surface area contributed by atoms with Crippen molar-refractivity contribution in [2.45, 2.75) is 25.4 Å². The summed E-state index contributed by atoms with van der Waals surface area (Å²) >= 11 is 7.27. The SMILES string of the molecule is CC(C)CCOCCNC(=O)CSc1nnc(-c2ccc(Cl)cc2)n1C. The van der Waals surface area contributed by atoms with Crippen LogP contribution in [0.5, 0.6) is 0 Å². The van der Waals surface area contributed by atoms with Crippen molar-refractivity contribution < 1.29 is 9.53 Å². The van der Waals surface area contributed by atoms with Crippen LogP contribution in [0.1, 0.15) is 20.3 Å². The predicted octanol–water partition coefficient (Wildman–Crippen LogP) is 3.41. The van der Waals surface area contributed by atoms with Crippen LogP contribution < -0.4 is 5.32 Å². The lowest BCUT2D eigenvalue weighted by Gasteiger charge is -2.08. The highest BCUT2D eigenvalue weighted by molar-refractivity contribution is 7.99. The molecule has 0 saturated carbocycles. The van der Waals surface area contributed by atoms with Gasteiger partial charge in [0.15, 0.2) is 11.0 Å². The Morgan fingerprint density at radius 3 is 2.69 bits per heavy atom. The van der Waals surface area contributed by atoms with Gasteiger partial charge in [0.1, 0.15) is 0 Å². The van der Waals surface area contributed by atoms with Crippen LogP contribution in [-0.2, 0) is 16.6 Å². The van der Waals surface area contributed by atoms with E-state index in [4.69, 9.17) is 16.3 Å². The van der Waals surface area contributed by atoms with Gasteiger partial charge in [-0.2, -0.15) is 0 Å². The van der Waals surface area contributed by atoms with Gasteiger partial charge in [0.05, 0.1) is 12.4 Å². The van der Waals surface area contributed by atoms with Crippen molar-refractivity contribution in [3.05, 3.63) is 29.3 Å². The van der Waals surface area contributed by atoms with Crippen molar-refractivity contribution in [1.82, 2.24) is 20.1 Å². The molecule has 0 atom stereocenters. The molecule has 0 saturated heterocycles. The van der Waals surface area contributed by atoms with Gasteiger partial charge in [-0.05, 0) is 36.6 Å². The number of benzene rings is 1. The summed E-state index contributed by atoms with van der Waals surface area (Å²) in [4.78, 5) is 11.9. The lowest BCUT2D eigenvalue weighted by Crippen LogP contribution is -2.29. The average Bonchev–Trinajstić information content (AvgIpc) is 2.97. The Hall–Kier alpha value is -1.57. The van der Waals surface area contributed by atoms with Crippen molar-refractivity contribution in [3.63, 3.8) is 0 Å². The molecular formula is C18H25ClN4O2S. The Kier molecular flexibility index (Phi) is 8.41. The second-order valence-corrected chi connectivity index (χ2v) is 7.68. The maximum atomic E-state index is 11.9. The summed E-state index contributed by atoms with van der Waals surface area (Å²) < 4.78 is 7.35. The molecule has 142 valence electrons. The number of aromatic nitrogens is 3. The largest absolute Gasteiger partial charge is 0.380 e. The van der Waals surface area contributed by atoms with Crippen molar-refractivity contribution in [1.29, 1.82) is 0 Å². The standard InChI is InChI=1S/C18H25ClN4O2S/c1-13(2)8-10-25-11-9-20-16(24)12-26-18-22-21-17(23(18)3)14-4-6-15(19)7-5-14/h4-7,13H,8-12H2,1-3H3,(H,20,24). The molecule has 2 rings (SSSR count). The first kappa shape index (κ1) is 20.7. The number of carbonyl (C=O) groups is 1. The molecule has 0 fully saturated rings. The number of nitrogens with one attached hydrogen (secondary N) is 1. The molecule has 8 heteroatoms. The molecule has 1 aromatic carbocycles. The summed E-state index contributed by atoms with van der Waals surface area (Å²) in [6.45, 7) is 6.11. The third-order valence-corrected chi connectivity index (χ3v) is 4.95. The van der Waals surface area contributed by atoms with Crippen molar-refractivity contribution in [3.8, 4) is 11.4 Å². The van der Waals surface area contributed by atoms with E-state index in [2.05, 4.69) is 29.4 Å². The maximum absolute atomic E-state index is 11.9. The van der Waals surface area contributed by atoms with Crippen LogP contribution in [0.4, 0.5) is 0 Å². The molecule has 0 bridgehead atoms. The molecule has 6 nitrogen and oxygen atoms in total. The van der Waals surface area contributed by atoms with Crippen LogP contribution in [0.3, 0.4) is 0 Å². The molecule has 0 unspecified atom stereocenters. The zero-order valence-electron chi connectivity index (χ0n) is 15.4. The minimum Gasteiger partial charge on any atom is -0.380 e. The summed E-state index contributed by atoms with van der Waals surface area (Å²) in [5.74, 6) is 1.62. The molecular weight excluding hydrogens is 372 g/mol. The van der Waals surface area contributed by atoms with E-state index in [-0.39, 0.29) is 5.91 Å². The number of ether oxygens (including phenoxy) is 1. The third-order valence-electron chi connectivity index (χ3n) is 3.68. The van der Waals surface area contributed by atoms with Crippen LogP contribution in [0.2, 0.25) is 5.02 Å². The summed E-state index contributed by atoms with van der Waals surface area (Å²) in [6.07, 6.45) is 1.03. The van der Waals surface area contributed by atoms with Crippen LogP contribution in [0.25, 0.3) is 11.4 Å². The number of halogens is 1. The highest BCUT2D eigenvalue weighted by atomic mass is 35.5. The highest BCUT2D eigenvalue weighted by Crippen LogP contribution is 2.23. The summed E-state index contributed by atoms with van der Waals surface area (Å²) in [7, 11) is 1.88. The summed E-state index contributed by atoms with van der Waals surface area (Å²) in [6, 6.07) is 7.42. The molecule has 1 heterocycles. The first-order chi connectivity index (χ1) is 12.5. The van der Waals surface area contributed by atoms with Crippen LogP contribution in [0, 0.1) is 5.92 Å². The van der Waals surface area contributed by atoms with E-state index in [0.29, 0.717) is 35.0 Å². The Bertz CT molecular complexity index is 704. The zero-order valence-corrected chi connectivity index (χ0v) is 16.9. The number of thioether (sulfide) groups is 1. The van der Waals surface area contributed by atoms with Gasteiger partial charge in [-0.3, -0.25) is 4.79 Å². The lowest BCUT2D eigenvalue weighted by atomic mass is 10.1. The molecule has 2 aromatic rings. The highest BCUT2D eigenvalue weighted by Gasteiger charge is 2.12. The number of nitrogens with zero attached hydrogens (tertiary/aromatic N) is 3. The maximum Gasteiger partial charge on any atom is 0.230 e. The molecule has 0 aliphatic carbocycles. The molecule has 1 aromatic heterocycles. The van der Waals surface area contributed by atoms with Gasteiger partial charge in [0.25, 0.3) is 0 Å². The lowest BCUT2D eigenvalue weighted by molar-refractivity contribution is -0.118. The Morgan fingerprint density at radius 1 is 1.27 bits per heavy atom. The number of hydrogen-bond donors (Lipinski definition) is 1. The van der Waals surface area contributed by atoms with Crippen molar-refractivity contribution >= 4 is 29.3 Å². The van der Waals surface area contributed by atoms with E-state index in [1.807, 2.05) is 35.9 Å². The van der Waals surface area contributed by atoms with E-state index in [9.17, 15) is 4.79 Å². The topological polar surface area (TPSA) is 69.0 Å². The van der Waals surface area contributed by atoms with Gasteiger partial charge in [0.2, 0.25) is 5.91 Å². The van der Waals surface area contributed by atoms with Crippen molar-refractivity contribution in [2.75, 3.05) is 25.5 Å². The molecule has 0 aliphatic rings. The first-order valence-corrected chi connectivity index (χ1v) is 9.96. The van der Waals surface area contributed by atoms with Crippen LogP contribution in [-0.4, -0.2) is 46.2 Å². The molecule has 0 spiro atoms. The Morgan fingerprint density at radius 2 is 2.00 bits per heavy atom. The third kappa shape index (κ3) is 6.63. The van der Waals surface area contributed by atoms with E-state index in [1.54, 1.807) is 0 Å². The van der Waals surface area contributed by atoms with E-state index >= 15 is 0 Å². The van der Waals surface area contributed by atoms with Gasteiger partial charge in [-0.1, -0.05) is 37.2 Å². The van der Waals surface area contributed by atoms with E-state index in [1.165, 1.54) is 11.8 Å². The summed E-state index contributed by atoms with van der Waals surface area (Å²) in [5, 5.41) is 12.6. The van der Waals surface area contributed by atoms with Gasteiger partial charge >= 0.3 is 0 Å². The van der Waals surface area contributed by atoms with E-state index in [0.717, 1.165) is 24.4 Å². The Balaban J connectivity index is 1.74. The smallest absolute Gasteiger partial charge is 0.230 e. The zero-order chi connectivity index (χ0) is 18.9. The first-order valence-electron chi connectivity index (χ1n) is 8.60. The fourth-order valence-electron chi connectivity index (χ4n) is 2.16. The molecule has 1 amide bonds. The molecule has 0 aliphatic heterocycles. The second-order valence-electron chi connectivity index (χ2n) is 6.31.